The molecule has 53 heavy (non-hydrogen) atoms. The Morgan fingerprint density at radius 3 is 2.45 bits per heavy atom. The van der Waals surface area contributed by atoms with Gasteiger partial charge in [0.25, 0.3) is 17.7 Å². The number of aromatic nitrogens is 3. The van der Waals surface area contributed by atoms with Gasteiger partial charge >= 0.3 is 6.18 Å². The monoisotopic (exact) mass is 748 g/mol. The van der Waals surface area contributed by atoms with E-state index >= 15 is 0 Å². The van der Waals surface area contributed by atoms with Crippen molar-refractivity contribution in [2.75, 3.05) is 62.7 Å². The van der Waals surface area contributed by atoms with Crippen LogP contribution in [0.4, 0.5) is 24.7 Å². The summed E-state index contributed by atoms with van der Waals surface area (Å²) in [6.45, 7) is 9.38. The predicted molar refractivity (Wildman–Crippen MR) is 193 cm³/mol. The fourth-order valence-corrected chi connectivity index (χ4v) is 7.69. The topological polar surface area (TPSA) is 125 Å². The molecule has 0 radical (unpaired) electrons. The second-order valence-corrected chi connectivity index (χ2v) is 14.0. The summed E-state index contributed by atoms with van der Waals surface area (Å²) in [4.78, 5) is 51.1. The number of piperazine rings is 1. The summed E-state index contributed by atoms with van der Waals surface area (Å²) in [7, 11) is 0. The Kier molecular flexibility index (Phi) is 10.5. The quantitative estimate of drug-likeness (QED) is 0.227. The van der Waals surface area contributed by atoms with E-state index in [1.165, 1.54) is 4.90 Å². The van der Waals surface area contributed by atoms with Gasteiger partial charge in [-0.05, 0) is 43.7 Å². The van der Waals surface area contributed by atoms with Gasteiger partial charge in [-0.1, -0.05) is 36.4 Å². The molecule has 0 aliphatic carbocycles. The van der Waals surface area contributed by atoms with Crippen molar-refractivity contribution < 1.29 is 32.3 Å². The molecule has 3 aliphatic rings. The smallest absolute Gasteiger partial charge is 0.378 e. The van der Waals surface area contributed by atoms with Crippen LogP contribution in [-0.2, 0) is 20.5 Å². The summed E-state index contributed by atoms with van der Waals surface area (Å²) in [5.41, 5.74) is 2.55. The number of hydrogen-bond acceptors (Lipinski definition) is 9. The fourth-order valence-electron chi connectivity index (χ4n) is 7.02. The van der Waals surface area contributed by atoms with Crippen molar-refractivity contribution in [3.05, 3.63) is 99.7 Å². The first-order valence-electron chi connectivity index (χ1n) is 17.4. The molecule has 0 spiro atoms. The molecule has 2 aromatic heterocycles. The van der Waals surface area contributed by atoms with Gasteiger partial charge in [0.1, 0.15) is 17.6 Å². The van der Waals surface area contributed by atoms with Gasteiger partial charge in [0.2, 0.25) is 0 Å². The highest BCUT2D eigenvalue weighted by Gasteiger charge is 2.45. The molecular formula is C37H39F3N8O4S. The first-order chi connectivity index (χ1) is 25.5. The van der Waals surface area contributed by atoms with E-state index in [2.05, 4.69) is 30.5 Å². The fraction of sp³-hybridized carbons (Fsp3) is 0.378. The number of anilines is 2. The van der Waals surface area contributed by atoms with Crippen molar-refractivity contribution in [2.45, 2.75) is 38.0 Å². The molecule has 2 unspecified atom stereocenters. The lowest BCUT2D eigenvalue weighted by Crippen LogP contribution is -2.56. The van der Waals surface area contributed by atoms with Crippen LogP contribution in [0.3, 0.4) is 0 Å². The highest BCUT2D eigenvalue weighted by Crippen LogP contribution is 2.42. The Morgan fingerprint density at radius 1 is 1.06 bits per heavy atom. The largest absolute Gasteiger partial charge is 0.443 e. The number of allylic oxidation sites excluding steroid dienone is 1. The number of hydrogen-bond donors (Lipinski definition) is 2. The maximum atomic E-state index is 14.4. The summed E-state index contributed by atoms with van der Waals surface area (Å²) in [6, 6.07) is 15.5. The Bertz CT molecular complexity index is 2000. The number of para-hydroxylation sites is 1. The molecule has 0 saturated carbocycles. The Labute approximate surface area is 308 Å². The summed E-state index contributed by atoms with van der Waals surface area (Å²) >= 11 is 0.306. The molecule has 2 saturated heterocycles. The number of amides is 3. The van der Waals surface area contributed by atoms with Crippen LogP contribution in [0.25, 0.3) is 5.69 Å². The predicted octanol–water partition coefficient (Wildman–Crippen LogP) is 4.55. The summed E-state index contributed by atoms with van der Waals surface area (Å²) in [5, 5.41) is 10.2. The van der Waals surface area contributed by atoms with E-state index < -0.39 is 40.7 Å². The number of likely N-dealkylation sites (N-methyl/N-ethyl adjacent to an activating group) is 1. The standard InChI is InChI=1S/C37H39F3N8O4S/c1-3-23(19-45-13-15-46(16-14-45)27-20-52-21-27)32(49)42-25-10-8-9-24(17-25)30-28-18-41-48(26-11-6-5-7-12-26)34(28)47(4-2)35(51)31(30)44-33(50)29-22-53-36(43-29)37(38,39)40/h3,5-12,17-18,22,27,30-31H,4,13-16,19-21H2,1-2H3,(H,42,49)(H,44,50)/b23-3+. The van der Waals surface area contributed by atoms with E-state index in [0.717, 1.165) is 44.8 Å². The second-order valence-electron chi connectivity index (χ2n) is 13.1. The number of halogens is 3. The maximum Gasteiger partial charge on any atom is 0.443 e. The van der Waals surface area contributed by atoms with E-state index in [4.69, 9.17) is 4.74 Å². The van der Waals surface area contributed by atoms with Crippen molar-refractivity contribution >= 4 is 40.6 Å². The van der Waals surface area contributed by atoms with Crippen LogP contribution in [0, 0.1) is 0 Å². The van der Waals surface area contributed by atoms with Gasteiger partial charge in [0.15, 0.2) is 5.01 Å². The molecular weight excluding hydrogens is 710 g/mol. The number of nitrogens with zero attached hydrogens (tertiary/aromatic N) is 6. The summed E-state index contributed by atoms with van der Waals surface area (Å²) in [6.07, 6.45) is -1.28. The summed E-state index contributed by atoms with van der Waals surface area (Å²) < 4.78 is 47.0. The van der Waals surface area contributed by atoms with Crippen LogP contribution in [0.15, 0.2) is 77.8 Å². The van der Waals surface area contributed by atoms with Crippen LogP contribution in [0.2, 0.25) is 0 Å². The second kappa shape index (κ2) is 15.2. The SMILES string of the molecule is C/C=C(\CN1CCN(C2COC2)CC1)C(=O)Nc1cccc(C2c3cnn(-c4ccccc4)c3N(CC)C(=O)C2NC(=O)c2csc(C(F)(F)F)n2)c1. The van der Waals surface area contributed by atoms with Gasteiger partial charge < -0.3 is 15.4 Å². The van der Waals surface area contributed by atoms with Gasteiger partial charge in [-0.2, -0.15) is 18.3 Å². The number of alkyl halides is 3. The van der Waals surface area contributed by atoms with Crippen LogP contribution in [0.1, 0.15) is 46.4 Å². The van der Waals surface area contributed by atoms with Crippen molar-refractivity contribution in [3.8, 4) is 5.69 Å². The highest BCUT2D eigenvalue weighted by molar-refractivity contribution is 7.10. The number of thiazole rings is 1. The number of rotatable bonds is 10. The maximum absolute atomic E-state index is 14.4. The van der Waals surface area contributed by atoms with Crippen LogP contribution in [-0.4, -0.2) is 107 Å². The molecule has 3 amide bonds. The number of benzene rings is 2. The Morgan fingerprint density at radius 2 is 1.81 bits per heavy atom. The van der Waals surface area contributed by atoms with Gasteiger partial charge in [0.05, 0.1) is 31.1 Å². The minimum Gasteiger partial charge on any atom is -0.378 e. The Hall–Kier alpha value is -4.90. The molecule has 278 valence electrons. The van der Waals surface area contributed by atoms with Crippen LogP contribution in [0.5, 0.6) is 0 Å². The third-order valence-corrected chi connectivity index (χ3v) is 10.8. The molecule has 3 aliphatic heterocycles. The first kappa shape index (κ1) is 36.5. The van der Waals surface area contributed by atoms with Crippen molar-refractivity contribution in [2.24, 2.45) is 0 Å². The lowest BCUT2D eigenvalue weighted by molar-refractivity contribution is -0.137. The van der Waals surface area contributed by atoms with Crippen LogP contribution < -0.4 is 15.5 Å². The molecule has 2 fully saturated rings. The van der Waals surface area contributed by atoms with Crippen molar-refractivity contribution in [1.82, 2.24) is 29.9 Å². The van der Waals surface area contributed by atoms with Gasteiger partial charge in [-0.15, -0.1) is 11.3 Å². The lowest BCUT2D eigenvalue weighted by Gasteiger charge is -2.42. The third-order valence-electron chi connectivity index (χ3n) is 9.89. The zero-order chi connectivity index (χ0) is 37.3. The zero-order valence-electron chi connectivity index (χ0n) is 29.2. The molecule has 0 bridgehead atoms. The molecule has 7 rings (SSSR count). The molecule has 2 atom stereocenters. The van der Waals surface area contributed by atoms with Crippen LogP contribution >= 0.6 is 11.3 Å². The van der Waals surface area contributed by atoms with Crippen molar-refractivity contribution in [3.63, 3.8) is 0 Å². The summed E-state index contributed by atoms with van der Waals surface area (Å²) in [5.74, 6) is -1.97. The van der Waals surface area contributed by atoms with Crippen molar-refractivity contribution in [1.29, 1.82) is 0 Å². The number of fused-ring (bicyclic) bond motifs is 1. The number of carbonyl (C=O) groups is 3. The van der Waals surface area contributed by atoms with E-state index in [-0.39, 0.29) is 12.5 Å². The lowest BCUT2D eigenvalue weighted by atomic mass is 9.82. The minimum atomic E-state index is -4.72. The third kappa shape index (κ3) is 7.49. The van der Waals surface area contributed by atoms with E-state index in [9.17, 15) is 27.6 Å². The van der Waals surface area contributed by atoms with E-state index in [1.807, 2.05) is 43.3 Å². The molecule has 5 heterocycles. The first-order valence-corrected chi connectivity index (χ1v) is 18.3. The normalized spacial score (nSPS) is 20.2. The Balaban J connectivity index is 1.17. The number of nitrogens with one attached hydrogen (secondary N) is 2. The highest BCUT2D eigenvalue weighted by atomic mass is 32.1. The average Bonchev–Trinajstić information content (AvgIpc) is 3.81. The molecule has 2 aromatic carbocycles. The van der Waals surface area contributed by atoms with Gasteiger partial charge in [-0.3, -0.25) is 29.1 Å². The molecule has 16 heteroatoms. The zero-order valence-corrected chi connectivity index (χ0v) is 30.0. The molecule has 4 aromatic rings. The molecule has 2 N–H and O–H groups in total. The minimum absolute atomic E-state index is 0.227. The number of ether oxygens (including phenoxy) is 1. The van der Waals surface area contributed by atoms with Gasteiger partial charge in [0, 0.05) is 67.4 Å². The van der Waals surface area contributed by atoms with E-state index in [0.29, 0.717) is 57.8 Å². The van der Waals surface area contributed by atoms with Gasteiger partial charge in [-0.25, -0.2) is 9.67 Å². The average molecular weight is 749 g/mol. The van der Waals surface area contributed by atoms with E-state index in [1.54, 1.807) is 42.1 Å². The number of carbonyl (C=O) groups excluding carboxylic acids is 3. The molecule has 12 nitrogen and oxygen atoms in total.